The highest BCUT2D eigenvalue weighted by atomic mass is 32.2. The van der Waals surface area contributed by atoms with E-state index in [1.807, 2.05) is 18.2 Å². The van der Waals surface area contributed by atoms with Crippen LogP contribution in [0.5, 0.6) is 5.75 Å². The smallest absolute Gasteiger partial charge is 0.132 e. The van der Waals surface area contributed by atoms with Crippen LogP contribution in [-0.2, 0) is 6.42 Å². The topological polar surface area (TPSA) is 35.2 Å². The molecule has 0 aliphatic rings. The lowest BCUT2D eigenvalue weighted by Crippen LogP contribution is -2.13. The van der Waals surface area contributed by atoms with Gasteiger partial charge in [-0.05, 0) is 29.7 Å². The molecule has 1 atom stereocenters. The highest BCUT2D eigenvalue weighted by molar-refractivity contribution is 7.99. The molecule has 0 spiro atoms. The summed E-state index contributed by atoms with van der Waals surface area (Å²) in [6.45, 7) is 2.20. The van der Waals surface area contributed by atoms with Crippen molar-refractivity contribution in [3.05, 3.63) is 59.7 Å². The van der Waals surface area contributed by atoms with Gasteiger partial charge >= 0.3 is 0 Å². The van der Waals surface area contributed by atoms with Crippen molar-refractivity contribution in [1.29, 1.82) is 0 Å². The number of thioether (sulfide) groups is 1. The molecule has 2 aromatic carbocycles. The third kappa shape index (κ3) is 4.51. The third-order valence-corrected chi connectivity index (χ3v) is 4.61. The van der Waals surface area contributed by atoms with E-state index in [2.05, 4.69) is 37.3 Å². The summed E-state index contributed by atoms with van der Waals surface area (Å²) in [5.74, 6) is 1.75. The molecule has 2 N–H and O–H groups in total. The Kier molecular flexibility index (Phi) is 6.15. The van der Waals surface area contributed by atoms with E-state index in [1.54, 1.807) is 18.9 Å². The fourth-order valence-electron chi connectivity index (χ4n) is 2.23. The zero-order valence-corrected chi connectivity index (χ0v) is 13.5. The van der Waals surface area contributed by atoms with E-state index >= 15 is 0 Å². The quantitative estimate of drug-likeness (QED) is 0.768. The van der Waals surface area contributed by atoms with Gasteiger partial charge in [0.1, 0.15) is 5.75 Å². The maximum absolute atomic E-state index is 6.30. The monoisotopic (exact) mass is 301 g/mol. The Morgan fingerprint density at radius 2 is 1.81 bits per heavy atom. The second-order valence-corrected chi connectivity index (χ2v) is 6.12. The molecule has 0 heterocycles. The van der Waals surface area contributed by atoms with Gasteiger partial charge in [-0.15, -0.1) is 11.8 Å². The van der Waals surface area contributed by atoms with E-state index in [9.17, 15) is 0 Å². The van der Waals surface area contributed by atoms with Gasteiger partial charge in [-0.2, -0.15) is 0 Å². The molecular weight excluding hydrogens is 278 g/mol. The highest BCUT2D eigenvalue weighted by Gasteiger charge is 2.09. The van der Waals surface area contributed by atoms with E-state index in [4.69, 9.17) is 10.5 Å². The van der Waals surface area contributed by atoms with Crippen molar-refractivity contribution in [2.75, 3.05) is 12.9 Å². The Balaban J connectivity index is 1.96. The van der Waals surface area contributed by atoms with E-state index in [1.165, 1.54) is 17.5 Å². The zero-order valence-electron chi connectivity index (χ0n) is 12.7. The van der Waals surface area contributed by atoms with Gasteiger partial charge in [-0.3, -0.25) is 0 Å². The number of nitrogens with two attached hydrogens (primary N) is 1. The van der Waals surface area contributed by atoms with Gasteiger partial charge in [0.15, 0.2) is 0 Å². The maximum atomic E-state index is 6.30. The molecule has 2 rings (SSSR count). The first-order valence-electron chi connectivity index (χ1n) is 7.34. The summed E-state index contributed by atoms with van der Waals surface area (Å²) in [6.07, 6.45) is 2.31. The molecule has 0 saturated heterocycles. The Bertz CT molecular complexity index is 553. The fourth-order valence-corrected chi connectivity index (χ4v) is 3.25. The standard InChI is InChI=1S/C18H23NOS/c1-3-6-14-9-11-15(12-10-14)16(19)13-21-18-8-5-4-7-17(18)20-2/h4-5,7-12,16H,3,6,13,19H2,1-2H3. The van der Waals surface area contributed by atoms with Crippen LogP contribution < -0.4 is 10.5 Å². The fraction of sp³-hybridized carbons (Fsp3) is 0.333. The summed E-state index contributed by atoms with van der Waals surface area (Å²) >= 11 is 1.74. The van der Waals surface area contributed by atoms with Crippen molar-refractivity contribution in [1.82, 2.24) is 0 Å². The minimum absolute atomic E-state index is 0.0376. The zero-order chi connectivity index (χ0) is 15.1. The largest absolute Gasteiger partial charge is 0.496 e. The number of aryl methyl sites for hydroxylation is 1. The number of ether oxygens (including phenoxy) is 1. The lowest BCUT2D eigenvalue weighted by atomic mass is 10.0. The number of methoxy groups -OCH3 is 1. The number of hydrogen-bond donors (Lipinski definition) is 1. The first kappa shape index (κ1) is 15.9. The summed E-state index contributed by atoms with van der Waals surface area (Å²) in [5.41, 5.74) is 8.87. The summed E-state index contributed by atoms with van der Waals surface area (Å²) < 4.78 is 5.36. The molecule has 0 aromatic heterocycles. The van der Waals surface area contributed by atoms with Gasteiger partial charge in [0.05, 0.1) is 7.11 Å². The van der Waals surface area contributed by atoms with Crippen LogP contribution in [-0.4, -0.2) is 12.9 Å². The molecule has 21 heavy (non-hydrogen) atoms. The van der Waals surface area contributed by atoms with Crippen molar-refractivity contribution in [3.8, 4) is 5.75 Å². The second kappa shape index (κ2) is 8.11. The summed E-state index contributed by atoms with van der Waals surface area (Å²) in [7, 11) is 1.70. The van der Waals surface area contributed by atoms with Crippen molar-refractivity contribution >= 4 is 11.8 Å². The summed E-state index contributed by atoms with van der Waals surface area (Å²) in [5, 5.41) is 0. The molecule has 0 aliphatic carbocycles. The lowest BCUT2D eigenvalue weighted by molar-refractivity contribution is 0.405. The first-order chi connectivity index (χ1) is 10.2. The molecule has 0 radical (unpaired) electrons. The molecule has 112 valence electrons. The molecular formula is C18H23NOS. The van der Waals surface area contributed by atoms with Gasteiger partial charge in [0, 0.05) is 16.7 Å². The molecule has 0 saturated carbocycles. The molecule has 2 aromatic rings. The number of rotatable bonds is 7. The lowest BCUT2D eigenvalue weighted by Gasteiger charge is -2.14. The molecule has 0 amide bonds. The van der Waals surface area contributed by atoms with Crippen LogP contribution in [0.4, 0.5) is 0 Å². The minimum Gasteiger partial charge on any atom is -0.496 e. The molecule has 0 bridgehead atoms. The van der Waals surface area contributed by atoms with Crippen LogP contribution in [0.15, 0.2) is 53.4 Å². The molecule has 0 fully saturated rings. The van der Waals surface area contributed by atoms with Gasteiger partial charge in [-0.25, -0.2) is 0 Å². The van der Waals surface area contributed by atoms with Gasteiger partial charge in [0.25, 0.3) is 0 Å². The molecule has 0 aliphatic heterocycles. The highest BCUT2D eigenvalue weighted by Crippen LogP contribution is 2.31. The maximum Gasteiger partial charge on any atom is 0.132 e. The third-order valence-electron chi connectivity index (χ3n) is 3.43. The predicted molar refractivity (Wildman–Crippen MR) is 91.1 cm³/mol. The van der Waals surface area contributed by atoms with Crippen LogP contribution in [0.2, 0.25) is 0 Å². The molecule has 1 unspecified atom stereocenters. The van der Waals surface area contributed by atoms with E-state index in [0.717, 1.165) is 22.8 Å². The van der Waals surface area contributed by atoms with Crippen LogP contribution in [0.25, 0.3) is 0 Å². The van der Waals surface area contributed by atoms with Crippen molar-refractivity contribution in [2.45, 2.75) is 30.7 Å². The first-order valence-corrected chi connectivity index (χ1v) is 8.33. The van der Waals surface area contributed by atoms with E-state index in [0.29, 0.717) is 0 Å². The van der Waals surface area contributed by atoms with Crippen molar-refractivity contribution in [3.63, 3.8) is 0 Å². The number of para-hydroxylation sites is 1. The van der Waals surface area contributed by atoms with Crippen LogP contribution >= 0.6 is 11.8 Å². The predicted octanol–water partition coefficient (Wildman–Crippen LogP) is 4.44. The molecule has 2 nitrogen and oxygen atoms in total. The second-order valence-electron chi connectivity index (χ2n) is 5.06. The average Bonchev–Trinajstić information content (AvgIpc) is 2.54. The van der Waals surface area contributed by atoms with Crippen molar-refractivity contribution < 1.29 is 4.74 Å². The SMILES string of the molecule is CCCc1ccc(C(N)CSc2ccccc2OC)cc1. The summed E-state index contributed by atoms with van der Waals surface area (Å²) in [6, 6.07) is 16.8. The van der Waals surface area contributed by atoms with Crippen LogP contribution in [0.3, 0.4) is 0 Å². The number of hydrogen-bond acceptors (Lipinski definition) is 3. The summed E-state index contributed by atoms with van der Waals surface area (Å²) in [4.78, 5) is 1.14. The Hall–Kier alpha value is -1.45. The Morgan fingerprint density at radius 1 is 1.10 bits per heavy atom. The molecule has 3 heteroatoms. The number of benzene rings is 2. The Morgan fingerprint density at radius 3 is 2.48 bits per heavy atom. The van der Waals surface area contributed by atoms with E-state index in [-0.39, 0.29) is 6.04 Å². The Labute approximate surface area is 131 Å². The van der Waals surface area contributed by atoms with Crippen molar-refractivity contribution in [2.24, 2.45) is 5.73 Å². The van der Waals surface area contributed by atoms with E-state index < -0.39 is 0 Å². The average molecular weight is 301 g/mol. The normalized spacial score (nSPS) is 12.1. The van der Waals surface area contributed by atoms with Gasteiger partial charge in [-0.1, -0.05) is 49.7 Å². The van der Waals surface area contributed by atoms with Gasteiger partial charge in [0.2, 0.25) is 0 Å². The minimum atomic E-state index is 0.0376. The van der Waals surface area contributed by atoms with Crippen LogP contribution in [0, 0.1) is 0 Å². The van der Waals surface area contributed by atoms with Gasteiger partial charge < -0.3 is 10.5 Å². The van der Waals surface area contributed by atoms with Crippen LogP contribution in [0.1, 0.15) is 30.5 Å².